The molecule has 1 fully saturated rings. The van der Waals surface area contributed by atoms with Gasteiger partial charge in [-0.3, -0.25) is 0 Å². The maximum absolute atomic E-state index is 11.2. The third-order valence-electron chi connectivity index (χ3n) is 4.08. The van der Waals surface area contributed by atoms with E-state index in [1.807, 2.05) is 35.2 Å². The van der Waals surface area contributed by atoms with Crippen LogP contribution in [-0.4, -0.2) is 49.5 Å². The van der Waals surface area contributed by atoms with Crippen molar-refractivity contribution in [1.29, 1.82) is 0 Å². The van der Waals surface area contributed by atoms with Crippen molar-refractivity contribution >= 4 is 17.4 Å². The third-order valence-corrected chi connectivity index (χ3v) is 4.08. The zero-order valence-electron chi connectivity index (χ0n) is 12.9. The number of aromatic nitrogens is 4. The van der Waals surface area contributed by atoms with Gasteiger partial charge < -0.3 is 19.7 Å². The lowest BCUT2D eigenvalue weighted by Gasteiger charge is -2.24. The molecule has 0 unspecified atom stereocenters. The molecule has 124 valence electrons. The summed E-state index contributed by atoms with van der Waals surface area (Å²) in [5, 5.41) is 16.8. The van der Waals surface area contributed by atoms with Crippen molar-refractivity contribution in [3.05, 3.63) is 42.4 Å². The molecule has 4 rings (SSSR count). The summed E-state index contributed by atoms with van der Waals surface area (Å²) in [6.07, 6.45) is 5.59. The zero-order valence-corrected chi connectivity index (χ0v) is 12.9. The van der Waals surface area contributed by atoms with Gasteiger partial charge in [0.1, 0.15) is 11.6 Å². The lowest BCUT2D eigenvalue weighted by Crippen LogP contribution is -2.29. The van der Waals surface area contributed by atoms with Crippen molar-refractivity contribution in [2.75, 3.05) is 18.5 Å². The standard InChI is InChI=1S/C16H17N5O3/c22-16(23)12-9-14-18-13(20-5-1-2-6-20)10-15(21(14)19-12)17-11-3-7-24-8-4-11/h1-2,5-6,9-11,17H,3-4,7-8H2,(H,22,23). The van der Waals surface area contributed by atoms with Gasteiger partial charge in [-0.2, -0.15) is 9.61 Å². The smallest absolute Gasteiger partial charge is 0.356 e. The molecular formula is C16H17N5O3. The zero-order chi connectivity index (χ0) is 16.5. The molecule has 3 aromatic heterocycles. The Kier molecular flexibility index (Phi) is 3.66. The summed E-state index contributed by atoms with van der Waals surface area (Å²) in [5.41, 5.74) is 0.468. The second-order valence-electron chi connectivity index (χ2n) is 5.73. The Morgan fingerprint density at radius 3 is 2.71 bits per heavy atom. The monoisotopic (exact) mass is 327 g/mol. The molecular weight excluding hydrogens is 310 g/mol. The number of carboxylic acids is 1. The van der Waals surface area contributed by atoms with Crippen LogP contribution in [0.2, 0.25) is 0 Å². The third kappa shape index (κ3) is 2.71. The average Bonchev–Trinajstić information content (AvgIpc) is 3.25. The first-order valence-corrected chi connectivity index (χ1v) is 7.82. The van der Waals surface area contributed by atoms with Crippen LogP contribution >= 0.6 is 0 Å². The van der Waals surface area contributed by atoms with E-state index >= 15 is 0 Å². The van der Waals surface area contributed by atoms with Crippen molar-refractivity contribution in [1.82, 2.24) is 19.2 Å². The Morgan fingerprint density at radius 1 is 1.25 bits per heavy atom. The first-order chi connectivity index (χ1) is 11.7. The molecule has 24 heavy (non-hydrogen) atoms. The van der Waals surface area contributed by atoms with E-state index in [1.165, 1.54) is 6.07 Å². The van der Waals surface area contributed by atoms with Crippen molar-refractivity contribution in [2.24, 2.45) is 0 Å². The summed E-state index contributed by atoms with van der Waals surface area (Å²) in [7, 11) is 0. The number of carboxylic acid groups (broad SMARTS) is 1. The van der Waals surface area contributed by atoms with Gasteiger partial charge in [-0.1, -0.05) is 0 Å². The number of hydrogen-bond donors (Lipinski definition) is 2. The maximum atomic E-state index is 11.2. The Hall–Kier alpha value is -2.87. The summed E-state index contributed by atoms with van der Waals surface area (Å²) in [6, 6.07) is 7.44. The quantitative estimate of drug-likeness (QED) is 0.759. The van der Waals surface area contributed by atoms with E-state index in [0.29, 0.717) is 11.5 Å². The second-order valence-corrected chi connectivity index (χ2v) is 5.73. The lowest BCUT2D eigenvalue weighted by molar-refractivity contribution is 0.0690. The molecule has 3 aromatic rings. The van der Waals surface area contributed by atoms with E-state index in [9.17, 15) is 9.90 Å². The molecule has 0 bridgehead atoms. The molecule has 8 nitrogen and oxygen atoms in total. The van der Waals surface area contributed by atoms with Crippen LogP contribution in [0.15, 0.2) is 36.7 Å². The Morgan fingerprint density at radius 2 is 2.00 bits per heavy atom. The minimum Gasteiger partial charge on any atom is -0.476 e. The molecule has 0 saturated carbocycles. The molecule has 1 aliphatic heterocycles. The summed E-state index contributed by atoms with van der Waals surface area (Å²) >= 11 is 0. The van der Waals surface area contributed by atoms with E-state index in [4.69, 9.17) is 4.74 Å². The van der Waals surface area contributed by atoms with E-state index in [2.05, 4.69) is 15.4 Å². The Bertz CT molecular complexity index is 865. The van der Waals surface area contributed by atoms with Gasteiger partial charge in [0.15, 0.2) is 11.3 Å². The van der Waals surface area contributed by atoms with Crippen LogP contribution < -0.4 is 5.32 Å². The SMILES string of the molecule is O=C(O)c1cc2nc(-n3cccc3)cc(NC3CCOCC3)n2n1. The molecule has 0 aliphatic carbocycles. The van der Waals surface area contributed by atoms with Crippen LogP contribution in [-0.2, 0) is 4.74 Å². The number of rotatable bonds is 4. The van der Waals surface area contributed by atoms with Crippen molar-refractivity contribution in [3.63, 3.8) is 0 Å². The van der Waals surface area contributed by atoms with Crippen LogP contribution in [0.25, 0.3) is 11.5 Å². The molecule has 8 heteroatoms. The largest absolute Gasteiger partial charge is 0.476 e. The van der Waals surface area contributed by atoms with E-state index in [0.717, 1.165) is 31.9 Å². The summed E-state index contributed by atoms with van der Waals surface area (Å²) in [5.74, 6) is 0.363. The predicted molar refractivity (Wildman–Crippen MR) is 86.7 cm³/mol. The highest BCUT2D eigenvalue weighted by Gasteiger charge is 2.18. The molecule has 4 heterocycles. The number of anilines is 1. The van der Waals surface area contributed by atoms with Crippen LogP contribution in [0, 0.1) is 0 Å². The molecule has 0 amide bonds. The fraction of sp³-hybridized carbons (Fsp3) is 0.312. The number of ether oxygens (including phenoxy) is 1. The summed E-state index contributed by atoms with van der Waals surface area (Å²) in [4.78, 5) is 15.7. The molecule has 0 radical (unpaired) electrons. The fourth-order valence-corrected chi connectivity index (χ4v) is 2.84. The average molecular weight is 327 g/mol. The Balaban J connectivity index is 1.79. The van der Waals surface area contributed by atoms with Crippen molar-refractivity contribution in [3.8, 4) is 5.82 Å². The molecule has 2 N–H and O–H groups in total. The van der Waals surface area contributed by atoms with Gasteiger partial charge in [-0.15, -0.1) is 0 Å². The van der Waals surface area contributed by atoms with Crippen LogP contribution in [0.4, 0.5) is 5.82 Å². The highest BCUT2D eigenvalue weighted by Crippen LogP contribution is 2.20. The van der Waals surface area contributed by atoms with Crippen molar-refractivity contribution < 1.29 is 14.6 Å². The van der Waals surface area contributed by atoms with E-state index in [-0.39, 0.29) is 11.7 Å². The highest BCUT2D eigenvalue weighted by molar-refractivity contribution is 5.86. The molecule has 1 aliphatic rings. The fourth-order valence-electron chi connectivity index (χ4n) is 2.84. The predicted octanol–water partition coefficient (Wildman–Crippen LogP) is 1.81. The number of hydrogen-bond acceptors (Lipinski definition) is 5. The number of fused-ring (bicyclic) bond motifs is 1. The normalized spacial score (nSPS) is 15.7. The van der Waals surface area contributed by atoms with Gasteiger partial charge in [0.05, 0.1) is 0 Å². The first kappa shape index (κ1) is 14.7. The molecule has 0 atom stereocenters. The number of nitrogens with zero attached hydrogens (tertiary/aromatic N) is 4. The molecule has 0 aromatic carbocycles. The van der Waals surface area contributed by atoms with Crippen molar-refractivity contribution in [2.45, 2.75) is 18.9 Å². The van der Waals surface area contributed by atoms with Crippen LogP contribution in [0.5, 0.6) is 0 Å². The highest BCUT2D eigenvalue weighted by atomic mass is 16.5. The van der Waals surface area contributed by atoms with Gasteiger partial charge in [-0.05, 0) is 25.0 Å². The molecule has 1 saturated heterocycles. The topological polar surface area (TPSA) is 93.7 Å². The van der Waals surface area contributed by atoms with Crippen LogP contribution in [0.1, 0.15) is 23.3 Å². The first-order valence-electron chi connectivity index (χ1n) is 7.82. The lowest BCUT2D eigenvalue weighted by atomic mass is 10.1. The summed E-state index contributed by atoms with van der Waals surface area (Å²) in [6.45, 7) is 1.44. The van der Waals surface area contributed by atoms with Gasteiger partial charge >= 0.3 is 5.97 Å². The van der Waals surface area contributed by atoms with Crippen LogP contribution in [0.3, 0.4) is 0 Å². The minimum absolute atomic E-state index is 0.0258. The van der Waals surface area contributed by atoms with E-state index < -0.39 is 5.97 Å². The summed E-state index contributed by atoms with van der Waals surface area (Å²) < 4.78 is 8.81. The van der Waals surface area contributed by atoms with Gasteiger partial charge in [0.2, 0.25) is 0 Å². The molecule has 0 spiro atoms. The van der Waals surface area contributed by atoms with E-state index in [1.54, 1.807) is 4.52 Å². The second kappa shape index (κ2) is 5.97. The van der Waals surface area contributed by atoms with Gasteiger partial charge in [0.25, 0.3) is 0 Å². The number of carbonyl (C=O) groups is 1. The minimum atomic E-state index is -1.07. The Labute approximate surface area is 137 Å². The maximum Gasteiger partial charge on any atom is 0.356 e. The van der Waals surface area contributed by atoms with Gasteiger partial charge in [-0.25, -0.2) is 9.78 Å². The number of aromatic carboxylic acids is 1. The number of nitrogens with one attached hydrogen (secondary N) is 1. The van der Waals surface area contributed by atoms with Gasteiger partial charge in [0, 0.05) is 43.8 Å².